The van der Waals surface area contributed by atoms with Crippen LogP contribution in [0.2, 0.25) is 10.0 Å². The van der Waals surface area contributed by atoms with Gasteiger partial charge in [0.25, 0.3) is 11.7 Å². The molecule has 2 aromatic carbocycles. The summed E-state index contributed by atoms with van der Waals surface area (Å²) < 4.78 is 11.1. The molecule has 1 atom stereocenters. The van der Waals surface area contributed by atoms with Crippen molar-refractivity contribution in [1.29, 1.82) is 0 Å². The first kappa shape index (κ1) is 22.0. The predicted molar refractivity (Wildman–Crippen MR) is 122 cm³/mol. The van der Waals surface area contributed by atoms with E-state index in [2.05, 4.69) is 0 Å². The number of aliphatic hydroxyl groups is 1. The van der Waals surface area contributed by atoms with Gasteiger partial charge < -0.3 is 14.3 Å². The number of ketones is 1. The summed E-state index contributed by atoms with van der Waals surface area (Å²) in [7, 11) is 0. The molecule has 8 heteroatoms. The topological polar surface area (TPSA) is 80.0 Å². The molecular weight excluding hydrogens is 453 g/mol. The molecule has 1 N–H and O–H groups in total. The van der Waals surface area contributed by atoms with Crippen molar-refractivity contribution >= 4 is 46.3 Å². The van der Waals surface area contributed by atoms with Crippen LogP contribution >= 0.6 is 23.2 Å². The van der Waals surface area contributed by atoms with E-state index in [1.54, 1.807) is 56.3 Å². The highest BCUT2D eigenvalue weighted by Gasteiger charge is 2.48. The second-order valence-electron chi connectivity index (χ2n) is 7.19. The molecular formula is C24H19Cl2NO5. The number of amides is 1. The summed E-state index contributed by atoms with van der Waals surface area (Å²) in [5, 5.41) is 12.0. The van der Waals surface area contributed by atoms with E-state index < -0.39 is 17.7 Å². The number of Topliss-reactive ketones (excluding diaryl/α,β-unsaturated/α-hetero) is 1. The summed E-state index contributed by atoms with van der Waals surface area (Å²) in [6.07, 6.45) is 1.44. The van der Waals surface area contributed by atoms with Crippen molar-refractivity contribution in [3.8, 4) is 5.75 Å². The summed E-state index contributed by atoms with van der Waals surface area (Å²) in [5.41, 5.74) is 1.38. The fraction of sp³-hybridized carbons (Fsp3) is 0.167. The smallest absolute Gasteiger partial charge is 0.300 e. The van der Waals surface area contributed by atoms with E-state index in [0.717, 1.165) is 0 Å². The molecule has 164 valence electrons. The summed E-state index contributed by atoms with van der Waals surface area (Å²) in [6.45, 7) is 3.96. The molecule has 1 saturated heterocycles. The quantitative estimate of drug-likeness (QED) is 0.283. The second kappa shape index (κ2) is 8.73. The van der Waals surface area contributed by atoms with Crippen LogP contribution in [0.4, 0.5) is 5.69 Å². The molecule has 4 rings (SSSR count). The van der Waals surface area contributed by atoms with Gasteiger partial charge in [-0.3, -0.25) is 14.5 Å². The maximum atomic E-state index is 13.1. The zero-order valence-electron chi connectivity index (χ0n) is 17.3. The summed E-state index contributed by atoms with van der Waals surface area (Å²) in [6, 6.07) is 12.0. The van der Waals surface area contributed by atoms with E-state index in [1.807, 2.05) is 0 Å². The number of hydrogen-bond acceptors (Lipinski definition) is 5. The predicted octanol–water partition coefficient (Wildman–Crippen LogP) is 5.92. The molecule has 1 amide bonds. The number of carbonyl (C=O) groups excluding carboxylic acids is 2. The van der Waals surface area contributed by atoms with Crippen LogP contribution in [0.1, 0.15) is 29.9 Å². The molecule has 1 aliphatic heterocycles. The van der Waals surface area contributed by atoms with Gasteiger partial charge in [0, 0.05) is 16.3 Å². The lowest BCUT2D eigenvalue weighted by molar-refractivity contribution is -0.132. The first-order valence-corrected chi connectivity index (χ1v) is 10.6. The van der Waals surface area contributed by atoms with Gasteiger partial charge in [0.1, 0.15) is 23.3 Å². The number of halogens is 2. The Bertz CT molecular complexity index is 1230. The molecule has 3 aromatic rings. The molecule has 1 fully saturated rings. The molecule has 0 radical (unpaired) electrons. The number of rotatable bonds is 5. The van der Waals surface area contributed by atoms with Gasteiger partial charge in [-0.25, -0.2) is 0 Å². The molecule has 1 aliphatic rings. The molecule has 6 nitrogen and oxygen atoms in total. The average Bonchev–Trinajstić information content (AvgIpc) is 3.37. The molecule has 0 spiro atoms. The van der Waals surface area contributed by atoms with Crippen LogP contribution in [-0.2, 0) is 9.59 Å². The Hall–Kier alpha value is -3.22. The zero-order valence-corrected chi connectivity index (χ0v) is 18.8. The van der Waals surface area contributed by atoms with E-state index in [9.17, 15) is 14.7 Å². The van der Waals surface area contributed by atoms with Gasteiger partial charge in [-0.15, -0.1) is 0 Å². The number of hydrogen-bond donors (Lipinski definition) is 1. The minimum atomic E-state index is -0.962. The van der Waals surface area contributed by atoms with Gasteiger partial charge in [0.05, 0.1) is 23.5 Å². The molecule has 1 unspecified atom stereocenters. The van der Waals surface area contributed by atoms with Crippen LogP contribution in [0.5, 0.6) is 5.75 Å². The maximum Gasteiger partial charge on any atom is 0.300 e. The van der Waals surface area contributed by atoms with Crippen molar-refractivity contribution < 1.29 is 23.8 Å². The molecule has 2 heterocycles. The molecule has 0 saturated carbocycles. The standard InChI is InChI=1S/C24H19Cl2NO5/c1-3-31-19-12-14(6-8-16(19)26)22(28)20-21(18-5-4-10-32-18)27(24(30)23(20)29)17-9-7-15(25)11-13(17)2/h4-12,21,28H,3H2,1-2H3/b22-20-. The van der Waals surface area contributed by atoms with E-state index in [4.69, 9.17) is 32.4 Å². The lowest BCUT2D eigenvalue weighted by Gasteiger charge is -2.25. The Morgan fingerprint density at radius 3 is 2.59 bits per heavy atom. The SMILES string of the molecule is CCOc1cc(/C(O)=C2/C(=O)C(=O)N(c3ccc(Cl)cc3C)C2c2ccco2)ccc1Cl. The van der Waals surface area contributed by atoms with Crippen LogP contribution in [0, 0.1) is 6.92 Å². The number of ether oxygens (including phenoxy) is 1. The summed E-state index contributed by atoms with van der Waals surface area (Å²) >= 11 is 12.2. The number of furan rings is 1. The number of anilines is 1. The first-order chi connectivity index (χ1) is 15.3. The number of nitrogens with zero attached hydrogens (tertiary/aromatic N) is 1. The van der Waals surface area contributed by atoms with Crippen molar-refractivity contribution in [3.05, 3.63) is 87.3 Å². The lowest BCUT2D eigenvalue weighted by Crippen LogP contribution is -2.29. The van der Waals surface area contributed by atoms with Gasteiger partial charge >= 0.3 is 0 Å². The highest BCUT2D eigenvalue weighted by molar-refractivity contribution is 6.51. The maximum absolute atomic E-state index is 13.1. The Morgan fingerprint density at radius 2 is 1.94 bits per heavy atom. The fourth-order valence-electron chi connectivity index (χ4n) is 3.76. The monoisotopic (exact) mass is 471 g/mol. The summed E-state index contributed by atoms with van der Waals surface area (Å²) in [4.78, 5) is 27.6. The molecule has 32 heavy (non-hydrogen) atoms. The van der Waals surface area contributed by atoms with Gasteiger partial charge in [-0.2, -0.15) is 0 Å². The number of carbonyl (C=O) groups is 2. The van der Waals surface area contributed by atoms with Crippen molar-refractivity contribution in [2.24, 2.45) is 0 Å². The normalized spacial score (nSPS) is 17.8. The second-order valence-corrected chi connectivity index (χ2v) is 8.04. The zero-order chi connectivity index (χ0) is 23.0. The number of aryl methyl sites for hydroxylation is 1. The van der Waals surface area contributed by atoms with E-state index in [1.165, 1.54) is 17.2 Å². The van der Waals surface area contributed by atoms with E-state index in [0.29, 0.717) is 45.0 Å². The first-order valence-electron chi connectivity index (χ1n) is 9.86. The van der Waals surface area contributed by atoms with Gasteiger partial charge in [0.2, 0.25) is 0 Å². The summed E-state index contributed by atoms with van der Waals surface area (Å²) in [5.74, 6) is -1.27. The Morgan fingerprint density at radius 1 is 1.16 bits per heavy atom. The lowest BCUT2D eigenvalue weighted by atomic mass is 9.99. The number of aliphatic hydroxyl groups excluding tert-OH is 1. The van der Waals surface area contributed by atoms with Crippen LogP contribution in [0.25, 0.3) is 5.76 Å². The minimum absolute atomic E-state index is 0.0935. The van der Waals surface area contributed by atoms with E-state index >= 15 is 0 Å². The van der Waals surface area contributed by atoms with Crippen molar-refractivity contribution in [3.63, 3.8) is 0 Å². The molecule has 0 bridgehead atoms. The van der Waals surface area contributed by atoms with Crippen molar-refractivity contribution in [1.82, 2.24) is 0 Å². The largest absolute Gasteiger partial charge is 0.507 e. The van der Waals surface area contributed by atoms with Crippen LogP contribution in [-0.4, -0.2) is 23.4 Å². The van der Waals surface area contributed by atoms with Crippen molar-refractivity contribution in [2.45, 2.75) is 19.9 Å². The van der Waals surface area contributed by atoms with Gasteiger partial charge in [-0.05, 0) is 67.9 Å². The highest BCUT2D eigenvalue weighted by Crippen LogP contribution is 2.44. The molecule has 1 aromatic heterocycles. The van der Waals surface area contributed by atoms with Crippen molar-refractivity contribution in [2.75, 3.05) is 11.5 Å². The Labute approximate surface area is 194 Å². The van der Waals surface area contributed by atoms with Gasteiger partial charge in [0.15, 0.2) is 0 Å². The fourth-order valence-corrected chi connectivity index (χ4v) is 4.16. The molecule has 0 aliphatic carbocycles. The van der Waals surface area contributed by atoms with Crippen LogP contribution in [0.15, 0.2) is 64.8 Å². The Kier molecular flexibility index (Phi) is 6.00. The third-order valence-corrected chi connectivity index (χ3v) is 5.73. The van der Waals surface area contributed by atoms with Crippen LogP contribution in [0.3, 0.4) is 0 Å². The number of benzene rings is 2. The highest BCUT2D eigenvalue weighted by atomic mass is 35.5. The van der Waals surface area contributed by atoms with E-state index in [-0.39, 0.29) is 11.3 Å². The minimum Gasteiger partial charge on any atom is -0.507 e. The van der Waals surface area contributed by atoms with Crippen LogP contribution < -0.4 is 9.64 Å². The average molecular weight is 472 g/mol. The Balaban J connectivity index is 1.92. The third-order valence-electron chi connectivity index (χ3n) is 5.18. The third kappa shape index (κ3) is 3.76. The van der Waals surface area contributed by atoms with Gasteiger partial charge in [-0.1, -0.05) is 23.2 Å².